The number of carbonyl (C=O) groups is 2. The van der Waals surface area contributed by atoms with E-state index >= 15 is 0 Å². The van der Waals surface area contributed by atoms with Crippen LogP contribution in [0.25, 0.3) is 0 Å². The number of rotatable bonds is 6. The highest BCUT2D eigenvalue weighted by molar-refractivity contribution is 5.80. The quantitative estimate of drug-likeness (QED) is 0.744. The van der Waals surface area contributed by atoms with Gasteiger partial charge in [0, 0.05) is 20.1 Å². The summed E-state index contributed by atoms with van der Waals surface area (Å²) in [7, 11) is 3.36. The van der Waals surface area contributed by atoms with Crippen LogP contribution < -0.4 is 9.47 Å². The number of ether oxygens (including phenoxy) is 3. The van der Waals surface area contributed by atoms with Crippen LogP contribution in [-0.2, 0) is 9.53 Å². The lowest BCUT2D eigenvalue weighted by molar-refractivity contribution is -0.136. The standard InChI is InChI=1S/C21H32N2O5/c1-21(2,3)28-20(25)23-12-8-9-16(15-23)19(24)22(4)13-14-27-18-11-7-6-10-17(18)26-5/h6-7,10-11,16H,8-9,12-15H2,1-5H3. The van der Waals surface area contributed by atoms with Gasteiger partial charge in [-0.2, -0.15) is 0 Å². The van der Waals surface area contributed by atoms with Gasteiger partial charge in [-0.1, -0.05) is 12.1 Å². The first-order valence-electron chi connectivity index (χ1n) is 9.70. The number of hydrogen-bond donors (Lipinski definition) is 0. The van der Waals surface area contributed by atoms with Gasteiger partial charge in [0.15, 0.2) is 11.5 Å². The molecule has 0 bridgehead atoms. The molecule has 1 unspecified atom stereocenters. The highest BCUT2D eigenvalue weighted by Crippen LogP contribution is 2.26. The SMILES string of the molecule is COc1ccccc1OCCN(C)C(=O)C1CCCN(C(=O)OC(C)(C)C)C1. The van der Waals surface area contributed by atoms with Crippen LogP contribution >= 0.6 is 0 Å². The minimum atomic E-state index is -0.541. The van der Waals surface area contributed by atoms with Crippen molar-refractivity contribution < 1.29 is 23.8 Å². The maximum absolute atomic E-state index is 12.8. The first-order valence-corrected chi connectivity index (χ1v) is 9.70. The Labute approximate surface area is 167 Å². The van der Waals surface area contributed by atoms with Crippen molar-refractivity contribution >= 4 is 12.0 Å². The average Bonchev–Trinajstić information content (AvgIpc) is 2.66. The number of likely N-dealkylation sites (N-methyl/N-ethyl adjacent to an activating group) is 1. The summed E-state index contributed by atoms with van der Waals surface area (Å²) in [6.07, 6.45) is 1.21. The Hall–Kier alpha value is -2.44. The highest BCUT2D eigenvalue weighted by atomic mass is 16.6. The Morgan fingerprint density at radius 2 is 1.89 bits per heavy atom. The molecule has 0 aromatic heterocycles. The fourth-order valence-electron chi connectivity index (χ4n) is 3.12. The first-order chi connectivity index (χ1) is 13.2. The Balaban J connectivity index is 1.84. The molecule has 1 atom stereocenters. The van der Waals surface area contributed by atoms with Gasteiger partial charge in [0.1, 0.15) is 12.2 Å². The van der Waals surface area contributed by atoms with E-state index in [9.17, 15) is 9.59 Å². The monoisotopic (exact) mass is 392 g/mol. The van der Waals surface area contributed by atoms with Gasteiger partial charge in [0.25, 0.3) is 0 Å². The number of piperidine rings is 1. The van der Waals surface area contributed by atoms with Crippen LogP contribution in [0.1, 0.15) is 33.6 Å². The molecular formula is C21H32N2O5. The lowest BCUT2D eigenvalue weighted by Crippen LogP contribution is -2.47. The number of carbonyl (C=O) groups excluding carboxylic acids is 2. The molecule has 2 amide bonds. The molecule has 1 aliphatic heterocycles. The molecule has 156 valence electrons. The second-order valence-corrected chi connectivity index (χ2v) is 8.02. The van der Waals surface area contributed by atoms with Gasteiger partial charge in [-0.15, -0.1) is 0 Å². The number of likely N-dealkylation sites (tertiary alicyclic amines) is 1. The lowest BCUT2D eigenvalue weighted by atomic mass is 9.97. The van der Waals surface area contributed by atoms with Gasteiger partial charge < -0.3 is 24.0 Å². The zero-order chi connectivity index (χ0) is 20.7. The fraction of sp³-hybridized carbons (Fsp3) is 0.619. The number of methoxy groups -OCH3 is 1. The molecule has 0 spiro atoms. The van der Waals surface area contributed by atoms with Gasteiger partial charge in [0.05, 0.1) is 19.6 Å². The minimum absolute atomic E-state index is 0.0249. The van der Waals surface area contributed by atoms with E-state index in [-0.39, 0.29) is 17.9 Å². The van der Waals surface area contributed by atoms with Crippen molar-refractivity contribution in [2.75, 3.05) is 40.4 Å². The van der Waals surface area contributed by atoms with Gasteiger partial charge in [0.2, 0.25) is 5.91 Å². The second-order valence-electron chi connectivity index (χ2n) is 8.02. The van der Waals surface area contributed by atoms with Gasteiger partial charge in [-0.05, 0) is 45.7 Å². The Morgan fingerprint density at radius 1 is 1.21 bits per heavy atom. The molecule has 1 saturated heterocycles. The van der Waals surface area contributed by atoms with Gasteiger partial charge >= 0.3 is 6.09 Å². The molecule has 2 rings (SSSR count). The molecule has 7 heteroatoms. The molecule has 28 heavy (non-hydrogen) atoms. The zero-order valence-corrected chi connectivity index (χ0v) is 17.6. The third kappa shape index (κ3) is 6.32. The predicted octanol–water partition coefficient (Wildman–Crippen LogP) is 3.18. The summed E-state index contributed by atoms with van der Waals surface area (Å²) < 4.78 is 16.4. The summed E-state index contributed by atoms with van der Waals surface area (Å²) in [4.78, 5) is 28.4. The zero-order valence-electron chi connectivity index (χ0n) is 17.6. The van der Waals surface area contributed by atoms with Gasteiger partial charge in [-0.25, -0.2) is 4.79 Å². The molecule has 0 N–H and O–H groups in total. The molecule has 0 aliphatic carbocycles. The average molecular weight is 392 g/mol. The molecule has 1 fully saturated rings. The summed E-state index contributed by atoms with van der Waals surface area (Å²) in [5.74, 6) is 1.13. The van der Waals surface area contributed by atoms with E-state index in [1.165, 1.54) is 0 Å². The van der Waals surface area contributed by atoms with E-state index < -0.39 is 5.60 Å². The van der Waals surface area contributed by atoms with Crippen molar-refractivity contribution in [2.24, 2.45) is 5.92 Å². The van der Waals surface area contributed by atoms with E-state index in [2.05, 4.69) is 0 Å². The number of nitrogens with zero attached hydrogens (tertiary/aromatic N) is 2. The third-order valence-corrected chi connectivity index (χ3v) is 4.55. The third-order valence-electron chi connectivity index (χ3n) is 4.55. The van der Waals surface area contributed by atoms with Crippen molar-refractivity contribution in [3.8, 4) is 11.5 Å². The maximum atomic E-state index is 12.8. The van der Waals surface area contributed by atoms with Crippen LogP contribution in [0.15, 0.2) is 24.3 Å². The molecule has 1 aromatic rings. The smallest absolute Gasteiger partial charge is 0.410 e. The number of para-hydroxylation sites is 2. The Bertz CT molecular complexity index is 671. The van der Waals surface area contributed by atoms with Crippen LogP contribution in [0.4, 0.5) is 4.79 Å². The second kappa shape index (κ2) is 9.66. The summed E-state index contributed by atoms with van der Waals surface area (Å²) in [5, 5.41) is 0. The van der Waals surface area contributed by atoms with Crippen molar-refractivity contribution in [1.29, 1.82) is 0 Å². The normalized spacial score (nSPS) is 17.0. The van der Waals surface area contributed by atoms with E-state index in [1.54, 1.807) is 24.0 Å². The van der Waals surface area contributed by atoms with Crippen molar-refractivity contribution in [2.45, 2.75) is 39.2 Å². The van der Waals surface area contributed by atoms with Crippen LogP contribution in [0.2, 0.25) is 0 Å². The van der Waals surface area contributed by atoms with Gasteiger partial charge in [-0.3, -0.25) is 4.79 Å². The van der Waals surface area contributed by atoms with Crippen molar-refractivity contribution in [1.82, 2.24) is 9.80 Å². The summed E-state index contributed by atoms with van der Waals surface area (Å²) in [6.45, 7) is 7.36. The first kappa shape index (κ1) is 21.9. The molecule has 0 saturated carbocycles. The highest BCUT2D eigenvalue weighted by Gasteiger charge is 2.32. The molecule has 1 heterocycles. The predicted molar refractivity (Wildman–Crippen MR) is 107 cm³/mol. The van der Waals surface area contributed by atoms with Crippen molar-refractivity contribution in [3.63, 3.8) is 0 Å². The van der Waals surface area contributed by atoms with E-state index in [0.29, 0.717) is 37.7 Å². The number of benzene rings is 1. The molecular weight excluding hydrogens is 360 g/mol. The van der Waals surface area contributed by atoms with E-state index in [1.807, 2.05) is 45.0 Å². The van der Waals surface area contributed by atoms with Crippen LogP contribution in [0, 0.1) is 5.92 Å². The van der Waals surface area contributed by atoms with Crippen LogP contribution in [0.5, 0.6) is 11.5 Å². The fourth-order valence-corrected chi connectivity index (χ4v) is 3.12. The summed E-state index contributed by atoms with van der Waals surface area (Å²) >= 11 is 0. The summed E-state index contributed by atoms with van der Waals surface area (Å²) in [5.41, 5.74) is -0.541. The molecule has 0 radical (unpaired) electrons. The molecule has 7 nitrogen and oxygen atoms in total. The molecule has 1 aromatic carbocycles. The lowest BCUT2D eigenvalue weighted by Gasteiger charge is -2.35. The number of amides is 2. The maximum Gasteiger partial charge on any atom is 0.410 e. The Morgan fingerprint density at radius 3 is 2.54 bits per heavy atom. The minimum Gasteiger partial charge on any atom is -0.493 e. The van der Waals surface area contributed by atoms with Crippen molar-refractivity contribution in [3.05, 3.63) is 24.3 Å². The summed E-state index contributed by atoms with van der Waals surface area (Å²) in [6, 6.07) is 7.42. The van der Waals surface area contributed by atoms with E-state index in [4.69, 9.17) is 14.2 Å². The Kier molecular flexibility index (Phi) is 7.54. The largest absolute Gasteiger partial charge is 0.493 e. The molecule has 1 aliphatic rings. The van der Waals surface area contributed by atoms with Crippen LogP contribution in [-0.4, -0.2) is 67.8 Å². The number of hydrogen-bond acceptors (Lipinski definition) is 5. The topological polar surface area (TPSA) is 68.3 Å². The van der Waals surface area contributed by atoms with E-state index in [0.717, 1.165) is 12.8 Å². The van der Waals surface area contributed by atoms with Crippen LogP contribution in [0.3, 0.4) is 0 Å².